The fraction of sp³-hybridized carbons (Fsp3) is 0.100. The van der Waals surface area contributed by atoms with Gasteiger partial charge in [-0.2, -0.15) is 5.10 Å². The predicted octanol–water partition coefficient (Wildman–Crippen LogP) is 4.15. The molecule has 190 valence electrons. The first kappa shape index (κ1) is 23.9. The van der Waals surface area contributed by atoms with E-state index < -0.39 is 6.04 Å². The van der Waals surface area contributed by atoms with E-state index in [1.165, 1.54) is 0 Å². The SMILES string of the molecule is CC(NC(=O)c1c(N)ncc2cccnc12)c1nc2cccc(C#Cc3cnn(C)c3)n2c1-c1ccccc1. The van der Waals surface area contributed by atoms with Gasteiger partial charge in [0.15, 0.2) is 0 Å². The Hall–Kier alpha value is -5.49. The van der Waals surface area contributed by atoms with Crippen LogP contribution >= 0.6 is 0 Å². The van der Waals surface area contributed by atoms with E-state index in [0.29, 0.717) is 11.2 Å². The topological polar surface area (TPSA) is 116 Å². The molecule has 0 aliphatic rings. The quantitative estimate of drug-likeness (QED) is 0.343. The van der Waals surface area contributed by atoms with Crippen LogP contribution in [0.4, 0.5) is 5.82 Å². The molecular formula is C30H24N8O. The number of nitrogens with one attached hydrogen (secondary N) is 1. The lowest BCUT2D eigenvalue weighted by Gasteiger charge is -2.16. The molecule has 0 saturated carbocycles. The number of carbonyl (C=O) groups excluding carboxylic acids is 1. The molecule has 5 heterocycles. The molecule has 3 N–H and O–H groups in total. The third kappa shape index (κ3) is 4.45. The number of pyridine rings is 3. The molecule has 1 aromatic carbocycles. The Morgan fingerprint density at radius 3 is 2.64 bits per heavy atom. The van der Waals surface area contributed by atoms with Crippen LogP contribution in [0.5, 0.6) is 0 Å². The van der Waals surface area contributed by atoms with E-state index in [2.05, 4.69) is 32.2 Å². The summed E-state index contributed by atoms with van der Waals surface area (Å²) in [5.41, 5.74) is 11.7. The molecule has 1 unspecified atom stereocenters. The first-order valence-corrected chi connectivity index (χ1v) is 12.4. The van der Waals surface area contributed by atoms with Crippen molar-refractivity contribution in [2.45, 2.75) is 13.0 Å². The third-order valence-electron chi connectivity index (χ3n) is 6.42. The van der Waals surface area contributed by atoms with Crippen LogP contribution in [0, 0.1) is 11.8 Å². The van der Waals surface area contributed by atoms with Crippen LogP contribution in [-0.4, -0.2) is 35.0 Å². The molecule has 0 spiro atoms. The number of rotatable bonds is 4. The number of carbonyl (C=O) groups is 1. The molecule has 1 atom stereocenters. The van der Waals surface area contributed by atoms with E-state index >= 15 is 0 Å². The maximum atomic E-state index is 13.5. The molecular weight excluding hydrogens is 488 g/mol. The van der Waals surface area contributed by atoms with Crippen molar-refractivity contribution >= 4 is 28.3 Å². The maximum absolute atomic E-state index is 13.5. The largest absolute Gasteiger partial charge is 0.383 e. The van der Waals surface area contributed by atoms with Crippen LogP contribution in [0.1, 0.15) is 40.3 Å². The number of anilines is 1. The second kappa shape index (κ2) is 9.76. The highest BCUT2D eigenvalue weighted by molar-refractivity contribution is 6.09. The first-order valence-electron chi connectivity index (χ1n) is 12.4. The second-order valence-corrected chi connectivity index (χ2v) is 9.12. The van der Waals surface area contributed by atoms with Crippen molar-refractivity contribution in [3.8, 4) is 23.1 Å². The smallest absolute Gasteiger partial charge is 0.257 e. The Bertz CT molecular complexity index is 1910. The van der Waals surface area contributed by atoms with Gasteiger partial charge in [0.05, 0.1) is 40.4 Å². The van der Waals surface area contributed by atoms with Crippen molar-refractivity contribution in [1.29, 1.82) is 0 Å². The van der Waals surface area contributed by atoms with Gasteiger partial charge in [-0.05, 0) is 37.1 Å². The summed E-state index contributed by atoms with van der Waals surface area (Å²) in [5, 5.41) is 8.01. The van der Waals surface area contributed by atoms with Crippen LogP contribution < -0.4 is 11.1 Å². The Morgan fingerprint density at radius 2 is 1.85 bits per heavy atom. The normalized spacial score (nSPS) is 11.7. The number of nitrogen functional groups attached to an aromatic ring is 1. The minimum atomic E-state index is -0.467. The summed E-state index contributed by atoms with van der Waals surface area (Å²) in [4.78, 5) is 27.0. The molecule has 0 aliphatic heterocycles. The van der Waals surface area contributed by atoms with Gasteiger partial charge in [0.25, 0.3) is 5.91 Å². The van der Waals surface area contributed by atoms with Crippen LogP contribution in [-0.2, 0) is 7.05 Å². The number of nitrogens with two attached hydrogens (primary N) is 1. The number of nitrogens with zero attached hydrogens (tertiary/aromatic N) is 6. The number of fused-ring (bicyclic) bond motifs is 2. The predicted molar refractivity (Wildman–Crippen MR) is 150 cm³/mol. The number of aryl methyl sites for hydroxylation is 1. The molecule has 5 aromatic heterocycles. The van der Waals surface area contributed by atoms with E-state index in [1.54, 1.807) is 29.3 Å². The number of amides is 1. The Morgan fingerprint density at radius 1 is 1.00 bits per heavy atom. The minimum Gasteiger partial charge on any atom is -0.383 e. The Kier molecular flexibility index (Phi) is 5.98. The highest BCUT2D eigenvalue weighted by atomic mass is 16.1. The second-order valence-electron chi connectivity index (χ2n) is 9.12. The van der Waals surface area contributed by atoms with Gasteiger partial charge in [-0.15, -0.1) is 0 Å². The highest BCUT2D eigenvalue weighted by Gasteiger charge is 2.24. The number of benzene rings is 1. The van der Waals surface area contributed by atoms with Gasteiger partial charge in [-0.3, -0.25) is 18.9 Å². The standard InChI is InChI=1S/C30H24N8O/c1-19(35-30(39)25-27-22(10-7-15-32-27)17-33-29(25)31)26-28(21-8-4-3-5-9-21)38-23(11-6-12-24(38)36-26)14-13-20-16-34-37(2)18-20/h3-12,15-19H,1-2H3,(H2,31,33)(H,35,39). The van der Waals surface area contributed by atoms with E-state index in [0.717, 1.165) is 33.5 Å². The summed E-state index contributed by atoms with van der Waals surface area (Å²) in [6.07, 6.45) is 6.84. The molecule has 6 aromatic rings. The molecule has 0 saturated heterocycles. The van der Waals surface area contributed by atoms with Crippen molar-refractivity contribution in [3.05, 3.63) is 108 Å². The van der Waals surface area contributed by atoms with Gasteiger partial charge >= 0.3 is 0 Å². The van der Waals surface area contributed by atoms with Crippen molar-refractivity contribution in [3.63, 3.8) is 0 Å². The van der Waals surface area contributed by atoms with Gasteiger partial charge in [0, 0.05) is 36.6 Å². The molecule has 0 aliphatic carbocycles. The van der Waals surface area contributed by atoms with Crippen LogP contribution in [0.15, 0.2) is 85.5 Å². The van der Waals surface area contributed by atoms with Gasteiger partial charge in [0.2, 0.25) is 0 Å². The van der Waals surface area contributed by atoms with Crippen molar-refractivity contribution in [2.75, 3.05) is 5.73 Å². The van der Waals surface area contributed by atoms with Crippen LogP contribution in [0.25, 0.3) is 27.8 Å². The van der Waals surface area contributed by atoms with Crippen molar-refractivity contribution < 1.29 is 4.79 Å². The number of aromatic nitrogens is 6. The number of hydrogen-bond acceptors (Lipinski definition) is 6. The maximum Gasteiger partial charge on any atom is 0.257 e. The first-order chi connectivity index (χ1) is 19.0. The summed E-state index contributed by atoms with van der Waals surface area (Å²) in [6.45, 7) is 1.90. The fourth-order valence-electron chi connectivity index (χ4n) is 4.62. The summed E-state index contributed by atoms with van der Waals surface area (Å²) >= 11 is 0. The zero-order chi connectivity index (χ0) is 26.9. The molecule has 9 heteroatoms. The lowest BCUT2D eigenvalue weighted by atomic mass is 10.1. The van der Waals surface area contributed by atoms with E-state index in [-0.39, 0.29) is 17.3 Å². The van der Waals surface area contributed by atoms with E-state index in [1.807, 2.05) is 79.2 Å². The summed E-state index contributed by atoms with van der Waals surface area (Å²) in [7, 11) is 1.86. The lowest BCUT2D eigenvalue weighted by Crippen LogP contribution is -2.28. The van der Waals surface area contributed by atoms with Crippen LogP contribution in [0.2, 0.25) is 0 Å². The molecule has 0 fully saturated rings. The average Bonchev–Trinajstić information content (AvgIpc) is 3.56. The molecule has 0 bridgehead atoms. The molecule has 9 nitrogen and oxygen atoms in total. The van der Waals surface area contributed by atoms with Gasteiger partial charge in [0.1, 0.15) is 17.0 Å². The Labute approximate surface area is 224 Å². The summed E-state index contributed by atoms with van der Waals surface area (Å²) in [5.74, 6) is 6.21. The molecule has 6 rings (SSSR count). The molecule has 39 heavy (non-hydrogen) atoms. The van der Waals surface area contributed by atoms with Gasteiger partial charge < -0.3 is 11.1 Å². The monoisotopic (exact) mass is 512 g/mol. The van der Waals surface area contributed by atoms with Crippen molar-refractivity contribution in [1.82, 2.24) is 34.4 Å². The van der Waals surface area contributed by atoms with Crippen molar-refractivity contribution in [2.24, 2.45) is 7.05 Å². The summed E-state index contributed by atoms with van der Waals surface area (Å²) in [6, 6.07) is 18.9. The zero-order valence-corrected chi connectivity index (χ0v) is 21.3. The highest BCUT2D eigenvalue weighted by Crippen LogP contribution is 2.31. The molecule has 0 radical (unpaired) electrons. The minimum absolute atomic E-state index is 0.122. The summed E-state index contributed by atoms with van der Waals surface area (Å²) < 4.78 is 3.74. The lowest BCUT2D eigenvalue weighted by molar-refractivity contribution is 0.0941. The average molecular weight is 513 g/mol. The zero-order valence-electron chi connectivity index (χ0n) is 21.3. The molecule has 1 amide bonds. The van der Waals surface area contributed by atoms with Gasteiger partial charge in [-0.1, -0.05) is 42.3 Å². The van der Waals surface area contributed by atoms with Crippen LogP contribution in [0.3, 0.4) is 0 Å². The van der Waals surface area contributed by atoms with E-state index in [4.69, 9.17) is 10.7 Å². The number of imidazole rings is 1. The van der Waals surface area contributed by atoms with E-state index in [9.17, 15) is 4.79 Å². The fourth-order valence-corrected chi connectivity index (χ4v) is 4.62. The Balaban J connectivity index is 1.46. The van der Waals surface area contributed by atoms with Gasteiger partial charge in [-0.25, -0.2) is 9.97 Å². The number of hydrogen-bond donors (Lipinski definition) is 2. The third-order valence-corrected chi connectivity index (χ3v) is 6.42.